The average molecular weight is 274 g/mol. The summed E-state index contributed by atoms with van der Waals surface area (Å²) in [6.07, 6.45) is 3.95. The Bertz CT molecular complexity index is 420. The number of hydrogen-bond acceptors (Lipinski definition) is 2. The van der Waals surface area contributed by atoms with Crippen LogP contribution in [-0.2, 0) is 6.42 Å². The van der Waals surface area contributed by atoms with Gasteiger partial charge in [-0.25, -0.2) is 0 Å². The molecule has 1 atom stereocenters. The summed E-state index contributed by atoms with van der Waals surface area (Å²) in [6, 6.07) is 9.01. The maximum Gasteiger partial charge on any atom is 0.0104 e. The highest BCUT2D eigenvalue weighted by Gasteiger charge is 2.21. The Kier molecular flexibility index (Phi) is 5.22. The Morgan fingerprint density at radius 3 is 2.75 bits per heavy atom. The third-order valence-corrected chi connectivity index (χ3v) is 4.17. The molecule has 1 N–H and O–H groups in total. The number of rotatable bonds is 5. The lowest BCUT2D eigenvalue weighted by molar-refractivity contribution is 0.283. The highest BCUT2D eigenvalue weighted by molar-refractivity contribution is 5.32. The zero-order valence-electron chi connectivity index (χ0n) is 13.6. The van der Waals surface area contributed by atoms with Crippen molar-refractivity contribution in [2.45, 2.75) is 51.5 Å². The van der Waals surface area contributed by atoms with Gasteiger partial charge in [-0.05, 0) is 64.1 Å². The van der Waals surface area contributed by atoms with Crippen LogP contribution in [0.5, 0.6) is 0 Å². The maximum absolute atomic E-state index is 3.57. The van der Waals surface area contributed by atoms with Gasteiger partial charge in [-0.2, -0.15) is 0 Å². The number of likely N-dealkylation sites (N-methyl/N-ethyl adjacent to an activating group) is 1. The smallest absolute Gasteiger partial charge is 0.0104 e. The molecule has 112 valence electrons. The van der Waals surface area contributed by atoms with Gasteiger partial charge in [0.05, 0.1) is 0 Å². The van der Waals surface area contributed by atoms with Gasteiger partial charge < -0.3 is 10.2 Å². The first-order valence-electron chi connectivity index (χ1n) is 7.97. The fourth-order valence-corrected chi connectivity index (χ4v) is 3.13. The molecule has 0 aliphatic heterocycles. The molecule has 0 spiro atoms. The molecule has 0 fully saturated rings. The minimum atomic E-state index is 0.221. The summed E-state index contributed by atoms with van der Waals surface area (Å²) < 4.78 is 0. The van der Waals surface area contributed by atoms with Crippen molar-refractivity contribution in [3.05, 3.63) is 35.4 Å². The van der Waals surface area contributed by atoms with E-state index in [2.05, 4.69) is 62.3 Å². The Balaban J connectivity index is 1.85. The van der Waals surface area contributed by atoms with Crippen LogP contribution in [-0.4, -0.2) is 37.1 Å². The SMILES string of the molecule is CN(CCNC(C)(C)C)CC1CCCc2ccccc21. The molecule has 2 rings (SSSR count). The molecule has 2 nitrogen and oxygen atoms in total. The molecular weight excluding hydrogens is 244 g/mol. The zero-order valence-corrected chi connectivity index (χ0v) is 13.6. The molecule has 0 amide bonds. The van der Waals surface area contributed by atoms with E-state index in [0.29, 0.717) is 0 Å². The van der Waals surface area contributed by atoms with Crippen molar-refractivity contribution in [1.82, 2.24) is 10.2 Å². The van der Waals surface area contributed by atoms with Crippen LogP contribution < -0.4 is 5.32 Å². The van der Waals surface area contributed by atoms with Gasteiger partial charge in [-0.1, -0.05) is 24.3 Å². The Morgan fingerprint density at radius 2 is 2.00 bits per heavy atom. The predicted octanol–water partition coefficient (Wildman–Crippen LogP) is 3.43. The monoisotopic (exact) mass is 274 g/mol. The summed E-state index contributed by atoms with van der Waals surface area (Å²) in [5.74, 6) is 0.722. The molecule has 1 aromatic carbocycles. The topological polar surface area (TPSA) is 15.3 Å². The Hall–Kier alpha value is -0.860. The molecule has 20 heavy (non-hydrogen) atoms. The van der Waals surface area contributed by atoms with Crippen molar-refractivity contribution in [2.75, 3.05) is 26.7 Å². The fraction of sp³-hybridized carbons (Fsp3) is 0.667. The van der Waals surface area contributed by atoms with E-state index in [1.807, 2.05) is 0 Å². The lowest BCUT2D eigenvalue weighted by Crippen LogP contribution is -2.41. The van der Waals surface area contributed by atoms with Crippen LogP contribution in [0.3, 0.4) is 0 Å². The third-order valence-electron chi connectivity index (χ3n) is 4.17. The van der Waals surface area contributed by atoms with E-state index in [1.54, 1.807) is 11.1 Å². The van der Waals surface area contributed by atoms with Crippen LogP contribution in [0.2, 0.25) is 0 Å². The number of fused-ring (bicyclic) bond motifs is 1. The summed E-state index contributed by atoms with van der Waals surface area (Å²) in [7, 11) is 2.25. The van der Waals surface area contributed by atoms with Crippen molar-refractivity contribution in [3.63, 3.8) is 0 Å². The molecule has 0 heterocycles. The Labute approximate surface area is 124 Å². The van der Waals surface area contributed by atoms with Crippen LogP contribution in [0.15, 0.2) is 24.3 Å². The summed E-state index contributed by atoms with van der Waals surface area (Å²) >= 11 is 0. The van der Waals surface area contributed by atoms with Crippen LogP contribution in [0, 0.1) is 0 Å². The van der Waals surface area contributed by atoms with Crippen LogP contribution in [0.1, 0.15) is 50.7 Å². The van der Waals surface area contributed by atoms with E-state index >= 15 is 0 Å². The minimum Gasteiger partial charge on any atom is -0.311 e. The van der Waals surface area contributed by atoms with Crippen molar-refractivity contribution in [2.24, 2.45) is 0 Å². The zero-order chi connectivity index (χ0) is 14.6. The van der Waals surface area contributed by atoms with E-state index in [9.17, 15) is 0 Å². The average Bonchev–Trinajstić information content (AvgIpc) is 2.37. The quantitative estimate of drug-likeness (QED) is 0.885. The molecule has 1 aliphatic rings. The molecule has 0 bridgehead atoms. The van der Waals surface area contributed by atoms with Crippen LogP contribution in [0.4, 0.5) is 0 Å². The van der Waals surface area contributed by atoms with Crippen LogP contribution >= 0.6 is 0 Å². The second-order valence-corrected chi connectivity index (χ2v) is 7.23. The molecule has 0 saturated heterocycles. The fourth-order valence-electron chi connectivity index (χ4n) is 3.13. The molecule has 1 aliphatic carbocycles. The summed E-state index contributed by atoms with van der Waals surface area (Å²) in [4.78, 5) is 2.48. The largest absolute Gasteiger partial charge is 0.311 e. The van der Waals surface area contributed by atoms with Gasteiger partial charge in [0, 0.05) is 25.2 Å². The highest BCUT2D eigenvalue weighted by Crippen LogP contribution is 2.31. The van der Waals surface area contributed by atoms with Gasteiger partial charge in [0.15, 0.2) is 0 Å². The molecule has 0 radical (unpaired) electrons. The molecular formula is C18H30N2. The first kappa shape index (κ1) is 15.5. The molecule has 0 saturated carbocycles. The van der Waals surface area contributed by atoms with Gasteiger partial charge >= 0.3 is 0 Å². The standard InChI is InChI=1S/C18H30N2/c1-18(2,3)19-12-13-20(4)14-16-10-7-9-15-8-5-6-11-17(15)16/h5-6,8,11,16,19H,7,9-10,12-14H2,1-4H3. The molecule has 2 heteroatoms. The second kappa shape index (κ2) is 6.73. The van der Waals surface area contributed by atoms with Gasteiger partial charge in [-0.3, -0.25) is 0 Å². The van der Waals surface area contributed by atoms with Gasteiger partial charge in [0.1, 0.15) is 0 Å². The Morgan fingerprint density at radius 1 is 1.25 bits per heavy atom. The number of aryl methyl sites for hydroxylation is 1. The summed E-state index contributed by atoms with van der Waals surface area (Å²) in [5.41, 5.74) is 3.39. The number of nitrogens with one attached hydrogen (secondary N) is 1. The van der Waals surface area contributed by atoms with Crippen molar-refractivity contribution in [1.29, 1.82) is 0 Å². The number of hydrogen-bond donors (Lipinski definition) is 1. The first-order chi connectivity index (χ1) is 9.46. The second-order valence-electron chi connectivity index (χ2n) is 7.23. The van der Waals surface area contributed by atoms with E-state index < -0.39 is 0 Å². The van der Waals surface area contributed by atoms with E-state index in [-0.39, 0.29) is 5.54 Å². The molecule has 1 aromatic rings. The number of benzene rings is 1. The number of nitrogens with zero attached hydrogens (tertiary/aromatic N) is 1. The lowest BCUT2D eigenvalue weighted by Gasteiger charge is -2.30. The molecule has 0 aromatic heterocycles. The third kappa shape index (κ3) is 4.60. The van der Waals surface area contributed by atoms with Gasteiger partial charge in [0.25, 0.3) is 0 Å². The minimum absolute atomic E-state index is 0.221. The van der Waals surface area contributed by atoms with Crippen molar-refractivity contribution >= 4 is 0 Å². The van der Waals surface area contributed by atoms with E-state index in [0.717, 1.165) is 19.0 Å². The highest BCUT2D eigenvalue weighted by atomic mass is 15.1. The van der Waals surface area contributed by atoms with Crippen LogP contribution in [0.25, 0.3) is 0 Å². The van der Waals surface area contributed by atoms with Gasteiger partial charge in [-0.15, -0.1) is 0 Å². The lowest BCUT2D eigenvalue weighted by atomic mass is 9.82. The van der Waals surface area contributed by atoms with Crippen molar-refractivity contribution < 1.29 is 0 Å². The van der Waals surface area contributed by atoms with E-state index in [4.69, 9.17) is 0 Å². The normalized spacial score (nSPS) is 19.1. The predicted molar refractivity (Wildman–Crippen MR) is 87.4 cm³/mol. The molecule has 1 unspecified atom stereocenters. The summed E-state index contributed by atoms with van der Waals surface area (Å²) in [5, 5.41) is 3.57. The first-order valence-corrected chi connectivity index (χ1v) is 7.97. The maximum atomic E-state index is 3.57. The summed E-state index contributed by atoms with van der Waals surface area (Å²) in [6.45, 7) is 10.0. The van der Waals surface area contributed by atoms with E-state index in [1.165, 1.54) is 25.8 Å². The van der Waals surface area contributed by atoms with Gasteiger partial charge in [0.2, 0.25) is 0 Å². The van der Waals surface area contributed by atoms with Crippen molar-refractivity contribution in [3.8, 4) is 0 Å².